The van der Waals surface area contributed by atoms with E-state index in [2.05, 4.69) is 42.2 Å². The highest BCUT2D eigenvalue weighted by molar-refractivity contribution is 6.47. The Kier molecular flexibility index (Phi) is 21.0. The maximum absolute atomic E-state index is 13.7. The third-order valence-electron chi connectivity index (χ3n) is 9.19. The van der Waals surface area contributed by atoms with E-state index in [4.69, 9.17) is 36.8 Å². The van der Waals surface area contributed by atoms with E-state index in [0.717, 1.165) is 6.21 Å². The minimum atomic E-state index is -1.36. The number of methoxy groups -OCH3 is 1. The molecule has 0 bridgehead atoms. The molecule has 5 rings (SSSR count). The number of aryl methyl sites for hydroxylation is 2. The van der Waals surface area contributed by atoms with Crippen LogP contribution in [0.1, 0.15) is 57.7 Å². The van der Waals surface area contributed by atoms with Crippen LogP contribution in [0, 0.1) is 6.92 Å². The van der Waals surface area contributed by atoms with Crippen LogP contribution < -0.4 is 48.8 Å². The number of carboxylic acid groups (broad SMARTS) is 1. The smallest absolute Gasteiger partial charge is 0.353 e. The Balaban J connectivity index is 0.00000298. The highest BCUT2D eigenvalue weighted by Crippen LogP contribution is 2.32. The molecule has 0 unspecified atom stereocenters. The molecular formula is C45H59N15O8. The number of hydrogen-bond donors (Lipinski definition) is 8. The van der Waals surface area contributed by atoms with Crippen LogP contribution >= 0.6 is 0 Å². The third kappa shape index (κ3) is 13.8. The van der Waals surface area contributed by atoms with Crippen molar-refractivity contribution in [2.45, 2.75) is 47.3 Å². The second kappa shape index (κ2) is 26.5. The van der Waals surface area contributed by atoms with E-state index in [0.29, 0.717) is 76.1 Å². The van der Waals surface area contributed by atoms with Gasteiger partial charge in [0.15, 0.2) is 0 Å². The lowest BCUT2D eigenvalue weighted by Gasteiger charge is -2.12. The van der Waals surface area contributed by atoms with E-state index in [1.165, 1.54) is 27.3 Å². The minimum Gasteiger partial charge on any atom is -0.494 e. The number of carbonyl (C=O) groups is 5. The second-order valence-corrected chi connectivity index (χ2v) is 13.9. The molecule has 0 aliphatic heterocycles. The van der Waals surface area contributed by atoms with Crippen LogP contribution in [0.25, 0.3) is 22.1 Å². The number of aliphatic imine (C=N–C) groups is 2. The van der Waals surface area contributed by atoms with E-state index in [1.807, 2.05) is 6.92 Å². The van der Waals surface area contributed by atoms with Crippen molar-refractivity contribution in [1.29, 1.82) is 0 Å². The van der Waals surface area contributed by atoms with Gasteiger partial charge in [-0.05, 0) is 84.3 Å². The first-order chi connectivity index (χ1) is 32.7. The third-order valence-corrected chi connectivity index (χ3v) is 9.19. The molecule has 5 aromatic rings. The fraction of sp³-hybridized carbons (Fsp3) is 0.289. The van der Waals surface area contributed by atoms with Crippen molar-refractivity contribution in [3.05, 3.63) is 100 Å². The molecule has 0 spiro atoms. The van der Waals surface area contributed by atoms with Gasteiger partial charge in [-0.3, -0.25) is 44.5 Å². The fourth-order valence-corrected chi connectivity index (χ4v) is 6.36. The predicted octanol–water partition coefficient (Wildman–Crippen LogP) is 2.68. The summed E-state index contributed by atoms with van der Waals surface area (Å²) >= 11 is 0. The Bertz CT molecular complexity index is 2790. The lowest BCUT2D eigenvalue weighted by molar-refractivity contribution is -0.132. The van der Waals surface area contributed by atoms with Gasteiger partial charge in [-0.25, -0.2) is 14.8 Å². The summed E-state index contributed by atoms with van der Waals surface area (Å²) in [6.07, 6.45) is 10.9. The van der Waals surface area contributed by atoms with Crippen LogP contribution in [-0.2, 0) is 29.2 Å². The van der Waals surface area contributed by atoms with Gasteiger partial charge >= 0.3 is 5.97 Å². The maximum Gasteiger partial charge on any atom is 0.353 e. The minimum absolute atomic E-state index is 0.0222. The van der Waals surface area contributed by atoms with Crippen molar-refractivity contribution < 1.29 is 38.6 Å². The molecule has 0 aliphatic carbocycles. The summed E-state index contributed by atoms with van der Waals surface area (Å²) in [5, 5.41) is 19.1. The zero-order chi connectivity index (χ0) is 50.5. The maximum atomic E-state index is 13.7. The molecule has 362 valence electrons. The largest absolute Gasteiger partial charge is 0.494 e. The number of rotatable bonds is 21. The van der Waals surface area contributed by atoms with Crippen molar-refractivity contribution in [2.24, 2.45) is 38.7 Å². The summed E-state index contributed by atoms with van der Waals surface area (Å²) in [7, 11) is 4.46. The molecule has 23 heteroatoms. The van der Waals surface area contributed by atoms with Crippen LogP contribution in [0.3, 0.4) is 0 Å². The van der Waals surface area contributed by atoms with Crippen LogP contribution in [0.2, 0.25) is 0 Å². The van der Waals surface area contributed by atoms with Gasteiger partial charge in [0.2, 0.25) is 11.9 Å². The van der Waals surface area contributed by atoms with E-state index < -0.39 is 23.5 Å². The van der Waals surface area contributed by atoms with Crippen LogP contribution in [-0.4, -0.2) is 117 Å². The lowest BCUT2D eigenvalue weighted by Crippen LogP contribution is -2.24. The van der Waals surface area contributed by atoms with Gasteiger partial charge in [0, 0.05) is 49.2 Å². The Morgan fingerprint density at radius 1 is 0.824 bits per heavy atom. The number of nitrogens with one attached hydrogen (secondary N) is 2. The van der Waals surface area contributed by atoms with Crippen LogP contribution in [0.5, 0.6) is 11.5 Å². The van der Waals surface area contributed by atoms with Gasteiger partial charge in [0.25, 0.3) is 11.8 Å². The number of amides is 2. The zero-order valence-corrected chi connectivity index (χ0v) is 39.0. The monoisotopic (exact) mass is 937 g/mol. The Hall–Kier alpha value is -8.44. The summed E-state index contributed by atoms with van der Waals surface area (Å²) in [5.74, 6) is -1.49. The standard InChI is InChI=1S/C43H49N13O8.2CH5N/c1-6-48-32(16-25(3)44)39(59)51-42-49-30-18-27(23-57)20-34(63-5)37(30)54(42)13-9-10-14-55-38-31(50-43(55)52-40(60)33-17-26(4)53-56(33)7-2)19-28(24-58)21-35(38)64-15-11-8-12-47-22-29(45)36(46)41(61)62;2*1-2/h8-11,16-24H,6-7,12-15,44-46H2,1-5H3,(H,61,62)(H,49,51,59)(H,50,52,60);2*2H2,1H3/b10-9+,11-8+,25-16-,36-29+,47-22?,48-32?;;. The molecule has 0 atom stereocenters. The molecule has 23 nitrogen and oxygen atoms in total. The number of nitrogens with two attached hydrogens (primary N) is 5. The SMILES string of the molecule is CCN=C(/C=C(/C)N)C(=O)Nc1nc2cc(C=O)cc(OC)c2n1C/C=C/Cn1c(NC(=O)c2cc(C)nn2CC)nc2cc(C=O)cc(OC/C=C/CN=C/C(N)=C(\N)C(=O)O)c21.CN.CN. The number of hydrogen-bond acceptors (Lipinski definition) is 17. The Labute approximate surface area is 392 Å². The number of aliphatic carboxylic acids is 1. The van der Waals surface area contributed by atoms with Crippen molar-refractivity contribution in [3.8, 4) is 11.5 Å². The molecule has 3 aromatic heterocycles. The molecule has 13 N–H and O–H groups in total. The molecule has 3 heterocycles. The second-order valence-electron chi connectivity index (χ2n) is 13.9. The van der Waals surface area contributed by atoms with Gasteiger partial charge in [-0.15, -0.1) is 0 Å². The molecule has 0 radical (unpaired) electrons. The highest BCUT2D eigenvalue weighted by Gasteiger charge is 2.22. The fourth-order valence-electron chi connectivity index (χ4n) is 6.36. The average molecular weight is 938 g/mol. The van der Waals surface area contributed by atoms with Crippen molar-refractivity contribution >= 4 is 76.2 Å². The number of fused-ring (bicyclic) bond motifs is 2. The molecule has 0 saturated heterocycles. The summed E-state index contributed by atoms with van der Waals surface area (Å²) in [4.78, 5) is 79.8. The first-order valence-electron chi connectivity index (χ1n) is 21.0. The van der Waals surface area contributed by atoms with Crippen LogP contribution in [0.4, 0.5) is 11.9 Å². The molecule has 68 heavy (non-hydrogen) atoms. The van der Waals surface area contributed by atoms with E-state index in [-0.39, 0.29) is 60.9 Å². The number of nitrogens with zero attached hydrogens (tertiary/aromatic N) is 8. The van der Waals surface area contributed by atoms with E-state index in [9.17, 15) is 24.0 Å². The van der Waals surface area contributed by atoms with Gasteiger partial charge in [-0.1, -0.05) is 18.2 Å². The predicted molar refractivity (Wildman–Crippen MR) is 262 cm³/mol. The zero-order valence-electron chi connectivity index (χ0n) is 39.0. The van der Waals surface area contributed by atoms with Crippen molar-refractivity contribution in [2.75, 3.05) is 51.5 Å². The Morgan fingerprint density at radius 2 is 1.40 bits per heavy atom. The lowest BCUT2D eigenvalue weighted by atomic mass is 10.2. The van der Waals surface area contributed by atoms with Gasteiger partial charge in [0.1, 0.15) is 58.8 Å². The van der Waals surface area contributed by atoms with Crippen molar-refractivity contribution in [1.82, 2.24) is 28.9 Å². The molecular weight excluding hydrogens is 879 g/mol. The number of aromatic nitrogens is 6. The van der Waals surface area contributed by atoms with Crippen molar-refractivity contribution in [3.63, 3.8) is 0 Å². The van der Waals surface area contributed by atoms with Gasteiger partial charge in [-0.2, -0.15) is 5.10 Å². The Morgan fingerprint density at radius 3 is 1.93 bits per heavy atom. The number of anilines is 2. The first kappa shape index (κ1) is 53.9. The number of ether oxygens (including phenoxy) is 2. The molecule has 0 aliphatic rings. The molecule has 0 saturated carbocycles. The van der Waals surface area contributed by atoms with Crippen LogP contribution in [0.15, 0.2) is 87.8 Å². The number of benzene rings is 2. The molecule has 2 amide bonds. The summed E-state index contributed by atoms with van der Waals surface area (Å²) < 4.78 is 16.8. The molecule has 2 aromatic carbocycles. The normalized spacial score (nSPS) is 12.1. The number of aldehydes is 2. The number of carbonyl (C=O) groups excluding carboxylic acids is 4. The number of imidazole rings is 2. The topological polar surface area (TPSA) is 356 Å². The molecule has 0 fully saturated rings. The summed E-state index contributed by atoms with van der Waals surface area (Å²) in [6.45, 7) is 8.24. The van der Waals surface area contributed by atoms with Gasteiger partial charge < -0.3 is 52.4 Å². The van der Waals surface area contributed by atoms with E-state index in [1.54, 1.807) is 89.2 Å². The van der Waals surface area contributed by atoms with Gasteiger partial charge in [0.05, 0.1) is 36.1 Å². The first-order valence-corrected chi connectivity index (χ1v) is 21.0. The number of carboxylic acids is 1. The average Bonchev–Trinajstić information content (AvgIpc) is 4.01. The summed E-state index contributed by atoms with van der Waals surface area (Å²) in [6, 6.07) is 7.92. The quantitative estimate of drug-likeness (QED) is 0.0227. The number of allylic oxidation sites excluding steroid dienone is 4. The highest BCUT2D eigenvalue weighted by atomic mass is 16.5. The van der Waals surface area contributed by atoms with E-state index >= 15 is 0 Å². The summed E-state index contributed by atoms with van der Waals surface area (Å²) in [5.41, 5.74) is 28.9.